The van der Waals surface area contributed by atoms with E-state index in [0.717, 1.165) is 0 Å². The number of aryl methyl sites for hydroxylation is 1. The number of carbonyl (C=O) groups is 2. The SMILES string of the molecule is C[C@@H](OC(=O)Nc1c(-c2ccc(NC(=O)N3CC(C#N)C3)cn2)nnn1C)c1cccnc1Cl. The van der Waals surface area contributed by atoms with Gasteiger partial charge >= 0.3 is 12.1 Å². The van der Waals surface area contributed by atoms with E-state index in [2.05, 4.69) is 37.0 Å². The van der Waals surface area contributed by atoms with Gasteiger partial charge in [-0.25, -0.2) is 19.3 Å². The number of nitrogens with one attached hydrogen (secondary N) is 2. The molecule has 1 aliphatic heterocycles. The number of pyridine rings is 2. The summed E-state index contributed by atoms with van der Waals surface area (Å²) in [5, 5.41) is 22.5. The molecule has 34 heavy (non-hydrogen) atoms. The first-order valence-electron chi connectivity index (χ1n) is 10.3. The summed E-state index contributed by atoms with van der Waals surface area (Å²) in [5.41, 5.74) is 1.81. The largest absolute Gasteiger partial charge is 0.441 e. The Labute approximate surface area is 199 Å². The Morgan fingerprint density at radius 3 is 2.74 bits per heavy atom. The van der Waals surface area contributed by atoms with Gasteiger partial charge in [0.25, 0.3) is 0 Å². The van der Waals surface area contributed by atoms with E-state index in [4.69, 9.17) is 21.6 Å². The number of halogens is 1. The summed E-state index contributed by atoms with van der Waals surface area (Å²) in [6, 6.07) is 8.54. The molecule has 0 aliphatic carbocycles. The van der Waals surface area contributed by atoms with Crippen LogP contribution in [0, 0.1) is 17.2 Å². The Kier molecular flexibility index (Phi) is 6.55. The van der Waals surface area contributed by atoms with Crippen molar-refractivity contribution < 1.29 is 14.3 Å². The zero-order valence-electron chi connectivity index (χ0n) is 18.3. The van der Waals surface area contributed by atoms with E-state index >= 15 is 0 Å². The van der Waals surface area contributed by atoms with Gasteiger partial charge in [-0.3, -0.25) is 10.3 Å². The highest BCUT2D eigenvalue weighted by molar-refractivity contribution is 6.30. The van der Waals surface area contributed by atoms with Crippen LogP contribution in [-0.4, -0.2) is 55.1 Å². The van der Waals surface area contributed by atoms with Crippen molar-refractivity contribution in [3.05, 3.63) is 47.4 Å². The van der Waals surface area contributed by atoms with Gasteiger partial charge in [0.05, 0.1) is 29.6 Å². The summed E-state index contributed by atoms with van der Waals surface area (Å²) in [6.07, 6.45) is 1.65. The van der Waals surface area contributed by atoms with E-state index < -0.39 is 12.2 Å². The van der Waals surface area contributed by atoms with E-state index in [-0.39, 0.29) is 22.9 Å². The summed E-state index contributed by atoms with van der Waals surface area (Å²) >= 11 is 6.07. The zero-order chi connectivity index (χ0) is 24.2. The monoisotopic (exact) mass is 481 g/mol. The lowest BCUT2D eigenvalue weighted by Crippen LogP contribution is -2.51. The number of hydrogen-bond donors (Lipinski definition) is 2. The number of urea groups is 1. The van der Waals surface area contributed by atoms with E-state index in [1.54, 1.807) is 44.4 Å². The second kappa shape index (κ2) is 9.72. The Morgan fingerprint density at radius 2 is 2.06 bits per heavy atom. The van der Waals surface area contributed by atoms with E-state index in [1.807, 2.05) is 0 Å². The molecule has 1 atom stereocenters. The van der Waals surface area contributed by atoms with Crippen LogP contribution >= 0.6 is 11.6 Å². The van der Waals surface area contributed by atoms with Crippen molar-refractivity contribution in [3.8, 4) is 17.5 Å². The molecule has 0 saturated carbocycles. The lowest BCUT2D eigenvalue weighted by Gasteiger charge is -2.34. The first kappa shape index (κ1) is 22.9. The van der Waals surface area contributed by atoms with Crippen molar-refractivity contribution in [2.24, 2.45) is 13.0 Å². The van der Waals surface area contributed by atoms with Gasteiger partial charge in [-0.2, -0.15) is 5.26 Å². The van der Waals surface area contributed by atoms with Crippen molar-refractivity contribution in [2.75, 3.05) is 23.7 Å². The second-order valence-corrected chi connectivity index (χ2v) is 7.92. The number of amides is 3. The van der Waals surface area contributed by atoms with Crippen LogP contribution in [0.3, 0.4) is 0 Å². The van der Waals surface area contributed by atoms with Crippen LogP contribution in [0.4, 0.5) is 21.1 Å². The minimum Gasteiger partial charge on any atom is -0.441 e. The lowest BCUT2D eigenvalue weighted by molar-refractivity contribution is 0.121. The molecule has 2 N–H and O–H groups in total. The Balaban J connectivity index is 1.41. The molecule has 0 unspecified atom stereocenters. The normalized spacial score (nSPS) is 14.0. The van der Waals surface area contributed by atoms with Crippen LogP contribution in [-0.2, 0) is 11.8 Å². The smallest absolute Gasteiger partial charge is 0.413 e. The molecule has 1 aliphatic rings. The maximum absolute atomic E-state index is 12.5. The number of likely N-dealkylation sites (tertiary alicyclic amines) is 1. The topological polar surface area (TPSA) is 151 Å². The van der Waals surface area contributed by atoms with Gasteiger partial charge in [-0.15, -0.1) is 5.10 Å². The first-order valence-corrected chi connectivity index (χ1v) is 10.6. The molecule has 12 nitrogen and oxygen atoms in total. The molecular weight excluding hydrogens is 462 g/mol. The molecule has 3 aromatic rings. The fourth-order valence-corrected chi connectivity index (χ4v) is 3.53. The molecule has 0 bridgehead atoms. The van der Waals surface area contributed by atoms with Crippen LogP contribution in [0.1, 0.15) is 18.6 Å². The lowest BCUT2D eigenvalue weighted by atomic mass is 10.0. The molecule has 174 valence electrons. The predicted octanol–water partition coefficient (Wildman–Crippen LogP) is 3.22. The molecule has 3 aromatic heterocycles. The van der Waals surface area contributed by atoms with Gasteiger partial charge in [-0.05, 0) is 25.1 Å². The fourth-order valence-electron chi connectivity index (χ4n) is 3.26. The fraction of sp³-hybridized carbons (Fsp3) is 0.286. The average Bonchev–Trinajstić information content (AvgIpc) is 3.13. The third-order valence-corrected chi connectivity index (χ3v) is 5.48. The highest BCUT2D eigenvalue weighted by Crippen LogP contribution is 2.27. The van der Waals surface area contributed by atoms with Crippen LogP contribution in [0.2, 0.25) is 5.15 Å². The third-order valence-electron chi connectivity index (χ3n) is 5.17. The van der Waals surface area contributed by atoms with Gasteiger partial charge in [0.1, 0.15) is 11.3 Å². The molecule has 1 saturated heterocycles. The summed E-state index contributed by atoms with van der Waals surface area (Å²) in [7, 11) is 1.61. The van der Waals surface area contributed by atoms with Gasteiger partial charge < -0.3 is 15.0 Å². The molecule has 13 heteroatoms. The van der Waals surface area contributed by atoms with Gasteiger partial charge in [0.2, 0.25) is 0 Å². The predicted molar refractivity (Wildman–Crippen MR) is 122 cm³/mol. The average molecular weight is 482 g/mol. The number of ether oxygens (including phenoxy) is 1. The Hall–Kier alpha value is -4.24. The number of nitrogens with zero attached hydrogens (tertiary/aromatic N) is 7. The number of rotatable bonds is 5. The minimum atomic E-state index is -0.729. The summed E-state index contributed by atoms with van der Waals surface area (Å²) in [6.45, 7) is 2.49. The summed E-state index contributed by atoms with van der Waals surface area (Å²) in [5.74, 6) is 0.159. The zero-order valence-corrected chi connectivity index (χ0v) is 19.0. The van der Waals surface area contributed by atoms with Crippen LogP contribution in [0.5, 0.6) is 0 Å². The molecule has 1 fully saturated rings. The highest BCUT2D eigenvalue weighted by atomic mass is 35.5. The number of nitriles is 1. The molecule has 4 rings (SSSR count). The molecule has 0 radical (unpaired) electrons. The number of aromatic nitrogens is 5. The van der Waals surface area contributed by atoms with Crippen LogP contribution in [0.25, 0.3) is 11.4 Å². The maximum atomic E-state index is 12.5. The second-order valence-electron chi connectivity index (χ2n) is 7.56. The molecule has 0 aromatic carbocycles. The van der Waals surface area contributed by atoms with Crippen molar-refractivity contribution >= 4 is 35.2 Å². The van der Waals surface area contributed by atoms with Crippen LogP contribution < -0.4 is 10.6 Å². The first-order chi connectivity index (χ1) is 16.4. The van der Waals surface area contributed by atoms with Gasteiger partial charge in [0.15, 0.2) is 11.5 Å². The maximum Gasteiger partial charge on any atom is 0.413 e. The van der Waals surface area contributed by atoms with Crippen molar-refractivity contribution in [1.29, 1.82) is 5.26 Å². The van der Waals surface area contributed by atoms with Crippen LogP contribution in [0.15, 0.2) is 36.7 Å². The van der Waals surface area contributed by atoms with Gasteiger partial charge in [-0.1, -0.05) is 22.9 Å². The van der Waals surface area contributed by atoms with Crippen molar-refractivity contribution in [3.63, 3.8) is 0 Å². The third kappa shape index (κ3) is 4.89. The van der Waals surface area contributed by atoms with Crippen molar-refractivity contribution in [1.82, 2.24) is 29.9 Å². The number of anilines is 2. The summed E-state index contributed by atoms with van der Waals surface area (Å²) < 4.78 is 6.80. The molecule has 0 spiro atoms. The number of carbonyl (C=O) groups excluding carboxylic acids is 2. The van der Waals surface area contributed by atoms with E-state index in [9.17, 15) is 9.59 Å². The number of hydrogen-bond acceptors (Lipinski definition) is 8. The molecule has 4 heterocycles. The molecule has 3 amide bonds. The van der Waals surface area contributed by atoms with E-state index in [1.165, 1.54) is 15.8 Å². The quantitative estimate of drug-likeness (QED) is 0.527. The Morgan fingerprint density at radius 1 is 1.26 bits per heavy atom. The molecular formula is C21H20ClN9O3. The highest BCUT2D eigenvalue weighted by Gasteiger charge is 2.30. The van der Waals surface area contributed by atoms with E-state index in [0.29, 0.717) is 35.7 Å². The Bertz CT molecular complexity index is 1250. The summed E-state index contributed by atoms with van der Waals surface area (Å²) in [4.78, 5) is 34.5. The minimum absolute atomic E-state index is 0.121. The van der Waals surface area contributed by atoms with Crippen molar-refractivity contribution in [2.45, 2.75) is 13.0 Å². The standard InChI is InChI=1S/C21H20ClN9O3/c1-12(15-4-3-7-24-18(15)22)34-21(33)27-19-17(28-29-30(19)2)16-6-5-14(9-25-16)26-20(32)31-10-13(8-23)11-31/h3-7,9,12-13H,10-11H2,1-2H3,(H,26,32)(H,27,33)/t12-/m1/s1. The van der Waals surface area contributed by atoms with Gasteiger partial charge in [0, 0.05) is 31.9 Å².